The third-order valence-electron chi connectivity index (χ3n) is 2.57. The van der Waals surface area contributed by atoms with Gasteiger partial charge in [0.2, 0.25) is 18.2 Å². The summed E-state index contributed by atoms with van der Waals surface area (Å²) in [5, 5.41) is 0. The Morgan fingerprint density at radius 1 is 1.00 bits per heavy atom. The third kappa shape index (κ3) is 10.1. The zero-order chi connectivity index (χ0) is 15.9. The van der Waals surface area contributed by atoms with Gasteiger partial charge < -0.3 is 4.74 Å². The maximum Gasteiger partial charge on any atom is 0.332 e. The maximum atomic E-state index is 11.8. The molecule has 0 saturated heterocycles. The van der Waals surface area contributed by atoms with Crippen LogP contribution in [0.3, 0.4) is 0 Å². The normalized spacial score (nSPS) is 12.0. The Kier molecular flexibility index (Phi) is 11.2. The minimum absolute atomic E-state index is 0.212. The first-order valence-corrected chi connectivity index (χ1v) is 6.50. The monoisotopic (exact) mass is 295 g/mol. The van der Waals surface area contributed by atoms with Crippen LogP contribution >= 0.6 is 0 Å². The first kappa shape index (κ1) is 18.6. The van der Waals surface area contributed by atoms with E-state index in [0.29, 0.717) is 32.2 Å². The van der Waals surface area contributed by atoms with E-state index in [-0.39, 0.29) is 6.54 Å². The number of hydrogen-bond donors (Lipinski definition) is 0. The summed E-state index contributed by atoms with van der Waals surface area (Å²) in [7, 11) is 0. The molecule has 0 spiro atoms. The van der Waals surface area contributed by atoms with Crippen molar-refractivity contribution in [2.24, 2.45) is 15.0 Å². The molecular weight excluding hydrogens is 278 g/mol. The van der Waals surface area contributed by atoms with Gasteiger partial charge in [-0.3, -0.25) is 0 Å². The summed E-state index contributed by atoms with van der Waals surface area (Å²) in [6, 6.07) is -0.917. The second-order valence-corrected chi connectivity index (χ2v) is 4.21. The predicted octanol–water partition coefficient (Wildman–Crippen LogP) is 0.855. The quantitative estimate of drug-likeness (QED) is 0.242. The molecule has 8 heteroatoms. The lowest BCUT2D eigenvalue weighted by Crippen LogP contribution is -2.26. The highest BCUT2D eigenvalue weighted by Crippen LogP contribution is 2.09. The molecule has 0 rings (SSSR count). The first-order chi connectivity index (χ1) is 10.2. The van der Waals surface area contributed by atoms with Crippen LogP contribution in [0.1, 0.15) is 32.6 Å². The van der Waals surface area contributed by atoms with Gasteiger partial charge in [0.1, 0.15) is 6.10 Å². The van der Waals surface area contributed by atoms with Gasteiger partial charge in [0.05, 0.1) is 13.1 Å². The molecule has 0 heterocycles. The number of hydrogen-bond acceptors (Lipinski definition) is 8. The molecule has 0 amide bonds. The lowest BCUT2D eigenvalue weighted by molar-refractivity contribution is -0.150. The minimum atomic E-state index is -0.917. The molecule has 0 saturated carbocycles. The summed E-state index contributed by atoms with van der Waals surface area (Å²) in [6.45, 7) is 2.18. The first-order valence-electron chi connectivity index (χ1n) is 6.50. The van der Waals surface area contributed by atoms with E-state index in [9.17, 15) is 19.2 Å². The number of isocyanates is 3. The van der Waals surface area contributed by atoms with Gasteiger partial charge >= 0.3 is 5.97 Å². The van der Waals surface area contributed by atoms with E-state index < -0.39 is 18.1 Å². The van der Waals surface area contributed by atoms with E-state index >= 15 is 0 Å². The lowest BCUT2D eigenvalue weighted by Gasteiger charge is -2.15. The molecule has 0 aromatic rings. The van der Waals surface area contributed by atoms with Crippen LogP contribution in [0.2, 0.25) is 0 Å². The zero-order valence-corrected chi connectivity index (χ0v) is 11.8. The molecule has 0 aliphatic heterocycles. The Bertz CT molecular complexity index is 460. The van der Waals surface area contributed by atoms with Crippen LogP contribution in [-0.2, 0) is 23.9 Å². The molecular formula is C13H17N3O5. The Morgan fingerprint density at radius 3 is 2.29 bits per heavy atom. The fourth-order valence-electron chi connectivity index (χ4n) is 1.50. The number of carbonyl (C=O) groups is 1. The van der Waals surface area contributed by atoms with Gasteiger partial charge in [-0.25, -0.2) is 29.2 Å². The van der Waals surface area contributed by atoms with Crippen molar-refractivity contribution in [3.05, 3.63) is 0 Å². The highest BCUT2D eigenvalue weighted by atomic mass is 16.5. The van der Waals surface area contributed by atoms with Gasteiger partial charge in [-0.05, 0) is 26.2 Å². The SMILES string of the molecule is CC(CCN=C=O)OC(=O)C(CCCCN=C=O)N=C=O. The van der Waals surface area contributed by atoms with Crippen LogP contribution in [0.25, 0.3) is 0 Å². The van der Waals surface area contributed by atoms with Gasteiger partial charge in [-0.15, -0.1) is 0 Å². The summed E-state index contributed by atoms with van der Waals surface area (Å²) < 4.78 is 5.10. The average Bonchev–Trinajstić information content (AvgIpc) is 2.46. The molecule has 2 unspecified atom stereocenters. The number of carbonyl (C=O) groups excluding carboxylic acids is 4. The molecule has 0 aliphatic carbocycles. The fraction of sp³-hybridized carbons (Fsp3) is 0.692. The molecule has 0 bridgehead atoms. The number of unbranched alkanes of at least 4 members (excludes halogenated alkanes) is 1. The van der Waals surface area contributed by atoms with Crippen LogP contribution in [0.4, 0.5) is 0 Å². The van der Waals surface area contributed by atoms with Crippen LogP contribution in [0, 0.1) is 0 Å². The van der Waals surface area contributed by atoms with E-state index in [1.165, 1.54) is 18.2 Å². The van der Waals surface area contributed by atoms with Crippen molar-refractivity contribution < 1.29 is 23.9 Å². The third-order valence-corrected chi connectivity index (χ3v) is 2.57. The summed E-state index contributed by atoms with van der Waals surface area (Å²) >= 11 is 0. The van der Waals surface area contributed by atoms with Crippen molar-refractivity contribution >= 4 is 24.2 Å². The number of esters is 1. The van der Waals surface area contributed by atoms with Gasteiger partial charge in [0.15, 0.2) is 6.04 Å². The topological polar surface area (TPSA) is 115 Å². The van der Waals surface area contributed by atoms with Gasteiger partial charge in [0.25, 0.3) is 0 Å². The van der Waals surface area contributed by atoms with Crippen LogP contribution in [0.15, 0.2) is 15.0 Å². The molecule has 0 aromatic carbocycles. The summed E-state index contributed by atoms with van der Waals surface area (Å²) in [6.07, 6.45) is 5.53. The average molecular weight is 295 g/mol. The maximum absolute atomic E-state index is 11.8. The summed E-state index contributed by atoms with van der Waals surface area (Å²) in [5.74, 6) is -0.625. The smallest absolute Gasteiger partial charge is 0.332 e. The molecule has 0 aromatic heterocycles. The Labute approximate surface area is 122 Å². The van der Waals surface area contributed by atoms with Crippen LogP contribution in [0.5, 0.6) is 0 Å². The molecule has 114 valence electrons. The van der Waals surface area contributed by atoms with E-state index in [1.807, 2.05) is 0 Å². The molecule has 0 aliphatic rings. The Balaban J connectivity index is 4.24. The number of rotatable bonds is 11. The summed E-state index contributed by atoms with van der Waals surface area (Å²) in [4.78, 5) is 52.1. The van der Waals surface area contributed by atoms with Gasteiger partial charge in [-0.1, -0.05) is 0 Å². The summed E-state index contributed by atoms with van der Waals surface area (Å²) in [5.41, 5.74) is 0. The van der Waals surface area contributed by atoms with Crippen molar-refractivity contribution in [3.63, 3.8) is 0 Å². The second kappa shape index (κ2) is 12.6. The Hall–Kier alpha value is -2.39. The fourth-order valence-corrected chi connectivity index (χ4v) is 1.50. The number of ether oxygens (including phenoxy) is 1. The molecule has 0 fully saturated rings. The van der Waals surface area contributed by atoms with E-state index in [2.05, 4.69) is 15.0 Å². The van der Waals surface area contributed by atoms with Crippen molar-refractivity contribution in [2.45, 2.75) is 44.8 Å². The number of aliphatic imine (C=N–C) groups is 3. The van der Waals surface area contributed by atoms with Crippen molar-refractivity contribution in [2.75, 3.05) is 13.1 Å². The van der Waals surface area contributed by atoms with Crippen LogP contribution in [-0.4, -0.2) is 49.4 Å². The molecule has 8 nitrogen and oxygen atoms in total. The van der Waals surface area contributed by atoms with E-state index in [0.717, 1.165) is 0 Å². The molecule has 0 N–H and O–H groups in total. The molecule has 2 atom stereocenters. The van der Waals surface area contributed by atoms with Crippen LogP contribution < -0.4 is 0 Å². The van der Waals surface area contributed by atoms with Crippen molar-refractivity contribution in [1.29, 1.82) is 0 Å². The molecule has 0 radical (unpaired) electrons. The lowest BCUT2D eigenvalue weighted by atomic mass is 10.1. The second-order valence-electron chi connectivity index (χ2n) is 4.21. The number of nitrogens with zero attached hydrogens (tertiary/aromatic N) is 3. The Morgan fingerprint density at radius 2 is 1.67 bits per heavy atom. The van der Waals surface area contributed by atoms with Crippen molar-refractivity contribution in [1.82, 2.24) is 0 Å². The van der Waals surface area contributed by atoms with Gasteiger partial charge in [-0.2, -0.15) is 4.99 Å². The van der Waals surface area contributed by atoms with Crippen molar-refractivity contribution in [3.8, 4) is 0 Å². The largest absolute Gasteiger partial charge is 0.461 e. The highest BCUT2D eigenvalue weighted by Gasteiger charge is 2.21. The highest BCUT2D eigenvalue weighted by molar-refractivity contribution is 5.77. The van der Waals surface area contributed by atoms with E-state index in [4.69, 9.17) is 4.74 Å². The zero-order valence-electron chi connectivity index (χ0n) is 11.8. The minimum Gasteiger partial charge on any atom is -0.461 e. The predicted molar refractivity (Wildman–Crippen MR) is 71.9 cm³/mol. The van der Waals surface area contributed by atoms with Gasteiger partial charge in [0, 0.05) is 6.42 Å². The molecule has 21 heavy (non-hydrogen) atoms. The van der Waals surface area contributed by atoms with E-state index in [1.54, 1.807) is 6.92 Å². The standard InChI is InChI=1S/C13H17N3O5/c1-11(5-7-15-9-18)21-13(20)12(16-10-19)4-2-3-6-14-8-17/h11-12H,2-7H2,1H3.